The van der Waals surface area contributed by atoms with Crippen molar-refractivity contribution in [3.8, 4) is 11.8 Å². The molecule has 1 amide bonds. The van der Waals surface area contributed by atoms with Crippen molar-refractivity contribution in [3.05, 3.63) is 51.5 Å². The van der Waals surface area contributed by atoms with Gasteiger partial charge >= 0.3 is 0 Å². The summed E-state index contributed by atoms with van der Waals surface area (Å²) in [5.41, 5.74) is 6.87. The Hall–Kier alpha value is -2.16. The van der Waals surface area contributed by atoms with Crippen LogP contribution in [-0.4, -0.2) is 17.4 Å². The molecular formula is C15H15N3OS. The van der Waals surface area contributed by atoms with E-state index in [1.165, 1.54) is 0 Å². The maximum atomic E-state index is 12.0. The second-order valence-electron chi connectivity index (χ2n) is 4.21. The van der Waals surface area contributed by atoms with Gasteiger partial charge in [-0.2, -0.15) is 0 Å². The van der Waals surface area contributed by atoms with Crippen molar-refractivity contribution in [2.75, 3.05) is 6.54 Å². The third kappa shape index (κ3) is 3.92. The van der Waals surface area contributed by atoms with Gasteiger partial charge in [-0.15, -0.1) is 11.3 Å². The van der Waals surface area contributed by atoms with E-state index in [1.54, 1.807) is 23.7 Å². The van der Waals surface area contributed by atoms with Gasteiger partial charge in [0.15, 0.2) is 0 Å². The minimum absolute atomic E-state index is 0.121. The van der Waals surface area contributed by atoms with Gasteiger partial charge < -0.3 is 11.1 Å². The van der Waals surface area contributed by atoms with Crippen molar-refractivity contribution < 1.29 is 4.79 Å². The third-order valence-corrected chi connectivity index (χ3v) is 3.54. The van der Waals surface area contributed by atoms with Crippen molar-refractivity contribution in [1.82, 2.24) is 10.3 Å². The average Bonchev–Trinajstić information content (AvgIpc) is 2.90. The standard InChI is InChI=1S/C15H15N3OS/c1-11-7-12(9-17-8-11)15(19)18-10-14-5-4-13(20-14)3-2-6-16/h4-5,7-9H,6,10,16H2,1H3,(H,18,19). The Bertz CT molecular complexity index is 667. The van der Waals surface area contributed by atoms with E-state index < -0.39 is 0 Å². The zero-order valence-electron chi connectivity index (χ0n) is 11.1. The first-order valence-electron chi connectivity index (χ1n) is 6.16. The van der Waals surface area contributed by atoms with Crippen molar-refractivity contribution in [2.24, 2.45) is 5.73 Å². The molecule has 2 aromatic heterocycles. The first kappa shape index (κ1) is 14.3. The van der Waals surface area contributed by atoms with E-state index in [4.69, 9.17) is 5.73 Å². The van der Waals surface area contributed by atoms with E-state index in [2.05, 4.69) is 22.1 Å². The van der Waals surface area contributed by atoms with Gasteiger partial charge in [-0.05, 0) is 30.7 Å². The van der Waals surface area contributed by atoms with Crippen LogP contribution in [0.1, 0.15) is 25.7 Å². The molecule has 0 fully saturated rings. The van der Waals surface area contributed by atoms with E-state index >= 15 is 0 Å². The van der Waals surface area contributed by atoms with Gasteiger partial charge in [0.2, 0.25) is 0 Å². The van der Waals surface area contributed by atoms with Crippen LogP contribution >= 0.6 is 11.3 Å². The molecule has 0 saturated carbocycles. The molecule has 0 radical (unpaired) electrons. The maximum absolute atomic E-state index is 12.0. The van der Waals surface area contributed by atoms with E-state index in [0.717, 1.165) is 15.3 Å². The number of aromatic nitrogens is 1. The van der Waals surface area contributed by atoms with Gasteiger partial charge in [-0.25, -0.2) is 0 Å². The van der Waals surface area contributed by atoms with Crippen LogP contribution < -0.4 is 11.1 Å². The SMILES string of the molecule is Cc1cncc(C(=O)NCc2ccc(C#CCN)s2)c1. The van der Waals surface area contributed by atoms with E-state index in [0.29, 0.717) is 18.7 Å². The monoisotopic (exact) mass is 285 g/mol. The summed E-state index contributed by atoms with van der Waals surface area (Å²) in [5, 5.41) is 2.87. The first-order valence-corrected chi connectivity index (χ1v) is 6.98. The molecule has 0 unspecified atom stereocenters. The summed E-state index contributed by atoms with van der Waals surface area (Å²) in [7, 11) is 0. The lowest BCUT2D eigenvalue weighted by atomic mass is 10.2. The number of rotatable bonds is 3. The molecule has 2 heterocycles. The summed E-state index contributed by atoms with van der Waals surface area (Å²) in [6.45, 7) is 2.75. The average molecular weight is 285 g/mol. The van der Waals surface area contributed by atoms with Crippen LogP contribution in [0.2, 0.25) is 0 Å². The summed E-state index contributed by atoms with van der Waals surface area (Å²) >= 11 is 1.55. The smallest absolute Gasteiger partial charge is 0.253 e. The lowest BCUT2D eigenvalue weighted by molar-refractivity contribution is 0.0951. The lowest BCUT2D eigenvalue weighted by Gasteiger charge is -2.03. The highest BCUT2D eigenvalue weighted by molar-refractivity contribution is 7.12. The molecule has 0 aliphatic heterocycles. The van der Waals surface area contributed by atoms with Crippen molar-refractivity contribution in [2.45, 2.75) is 13.5 Å². The lowest BCUT2D eigenvalue weighted by Crippen LogP contribution is -2.22. The van der Waals surface area contributed by atoms with Crippen LogP contribution in [0.15, 0.2) is 30.6 Å². The number of carbonyl (C=O) groups excluding carboxylic acids is 1. The molecule has 2 rings (SSSR count). The van der Waals surface area contributed by atoms with Gasteiger partial charge in [-0.1, -0.05) is 11.8 Å². The van der Waals surface area contributed by atoms with Crippen LogP contribution in [0.5, 0.6) is 0 Å². The number of amides is 1. The van der Waals surface area contributed by atoms with Crippen molar-refractivity contribution >= 4 is 17.2 Å². The molecule has 2 aromatic rings. The van der Waals surface area contributed by atoms with Crippen LogP contribution in [0, 0.1) is 18.8 Å². The largest absolute Gasteiger partial charge is 0.347 e. The zero-order chi connectivity index (χ0) is 14.4. The summed E-state index contributed by atoms with van der Waals surface area (Å²) in [6.07, 6.45) is 3.29. The fraction of sp³-hybridized carbons (Fsp3) is 0.200. The Morgan fingerprint density at radius 1 is 1.45 bits per heavy atom. The van der Waals surface area contributed by atoms with Crippen LogP contribution in [0.3, 0.4) is 0 Å². The topological polar surface area (TPSA) is 68.0 Å². The van der Waals surface area contributed by atoms with Crippen LogP contribution in [0.4, 0.5) is 0 Å². The van der Waals surface area contributed by atoms with Crippen molar-refractivity contribution in [3.63, 3.8) is 0 Å². The number of hydrogen-bond donors (Lipinski definition) is 2. The minimum Gasteiger partial charge on any atom is -0.347 e. The fourth-order valence-electron chi connectivity index (χ4n) is 1.63. The quantitative estimate of drug-likeness (QED) is 0.843. The van der Waals surface area contributed by atoms with E-state index in [-0.39, 0.29) is 5.91 Å². The van der Waals surface area contributed by atoms with Gasteiger partial charge in [0.25, 0.3) is 5.91 Å². The zero-order valence-corrected chi connectivity index (χ0v) is 12.0. The van der Waals surface area contributed by atoms with Gasteiger partial charge in [0, 0.05) is 17.3 Å². The fourth-order valence-corrected chi connectivity index (χ4v) is 2.45. The summed E-state index contributed by atoms with van der Waals surface area (Å²) in [6, 6.07) is 5.71. The number of thiophene rings is 1. The highest BCUT2D eigenvalue weighted by atomic mass is 32.1. The Morgan fingerprint density at radius 2 is 2.30 bits per heavy atom. The summed E-state index contributed by atoms with van der Waals surface area (Å²) in [4.78, 5) is 18.0. The van der Waals surface area contributed by atoms with Gasteiger partial charge in [-0.3, -0.25) is 9.78 Å². The molecular weight excluding hydrogens is 270 g/mol. The normalized spacial score (nSPS) is 9.70. The second kappa shape index (κ2) is 6.85. The molecule has 0 saturated heterocycles. The molecule has 0 bridgehead atoms. The molecule has 102 valence electrons. The molecule has 0 aliphatic rings. The molecule has 4 nitrogen and oxygen atoms in total. The second-order valence-corrected chi connectivity index (χ2v) is 5.37. The predicted octanol–water partition coefficient (Wildman–Crippen LogP) is 1.69. The van der Waals surface area contributed by atoms with Crippen molar-refractivity contribution in [1.29, 1.82) is 0 Å². The van der Waals surface area contributed by atoms with E-state index in [1.807, 2.05) is 25.1 Å². The molecule has 5 heteroatoms. The molecule has 0 aromatic carbocycles. The van der Waals surface area contributed by atoms with Crippen LogP contribution in [-0.2, 0) is 6.54 Å². The Kier molecular flexibility index (Phi) is 4.88. The number of nitrogens with zero attached hydrogens (tertiary/aromatic N) is 1. The minimum atomic E-state index is -0.121. The summed E-state index contributed by atoms with van der Waals surface area (Å²) in [5.74, 6) is 5.66. The Labute approximate surface area is 122 Å². The number of aryl methyl sites for hydroxylation is 1. The Morgan fingerprint density at radius 3 is 3.05 bits per heavy atom. The number of hydrogen-bond acceptors (Lipinski definition) is 4. The number of nitrogens with two attached hydrogens (primary N) is 1. The highest BCUT2D eigenvalue weighted by Gasteiger charge is 2.06. The van der Waals surface area contributed by atoms with Gasteiger partial charge in [0.1, 0.15) is 0 Å². The first-order chi connectivity index (χ1) is 9.69. The van der Waals surface area contributed by atoms with E-state index in [9.17, 15) is 4.79 Å². The predicted molar refractivity (Wildman–Crippen MR) is 80.4 cm³/mol. The molecule has 0 atom stereocenters. The number of carbonyl (C=O) groups is 1. The number of nitrogens with one attached hydrogen (secondary N) is 1. The number of pyridine rings is 1. The summed E-state index contributed by atoms with van der Waals surface area (Å²) < 4.78 is 0. The van der Waals surface area contributed by atoms with Gasteiger partial charge in [0.05, 0.1) is 23.5 Å². The molecule has 3 N–H and O–H groups in total. The maximum Gasteiger partial charge on any atom is 0.253 e. The highest BCUT2D eigenvalue weighted by Crippen LogP contribution is 2.15. The molecule has 0 spiro atoms. The Balaban J connectivity index is 1.95. The molecule has 20 heavy (non-hydrogen) atoms. The van der Waals surface area contributed by atoms with Crippen LogP contribution in [0.25, 0.3) is 0 Å². The third-order valence-electron chi connectivity index (χ3n) is 2.54. The molecule has 0 aliphatic carbocycles.